The number of amides is 1. The number of carbonyl (C=O) groups excluding carboxylic acids is 1. The zero-order chi connectivity index (χ0) is 21.4. The zero-order valence-corrected chi connectivity index (χ0v) is 17.8. The lowest BCUT2D eigenvalue weighted by Gasteiger charge is -2.07. The number of carbonyl (C=O) groups is 1. The van der Waals surface area contributed by atoms with Gasteiger partial charge in [0, 0.05) is 37.9 Å². The molecule has 156 valence electrons. The molecule has 0 radical (unpaired) electrons. The van der Waals surface area contributed by atoms with Crippen molar-refractivity contribution in [1.82, 2.24) is 24.4 Å². The summed E-state index contributed by atoms with van der Waals surface area (Å²) in [5.74, 6) is 0.181. The Labute approximate surface area is 176 Å². The largest absolute Gasteiger partial charge is 0.356 e. The standard InChI is InChI=1S/C21H22FN5O2S/c1-12-13(2)30-20-18(12)21(29)27(11-24-20)10-8-17(28)23-9-7-16-25-19-14(22)5-4-6-15(19)26(16)3/h4-6,11H,7-10H2,1-3H3,(H,23,28). The first-order valence-corrected chi connectivity index (χ1v) is 10.5. The second-order valence-corrected chi connectivity index (χ2v) is 8.45. The van der Waals surface area contributed by atoms with Gasteiger partial charge in [0.2, 0.25) is 5.91 Å². The van der Waals surface area contributed by atoms with E-state index in [1.807, 2.05) is 31.5 Å². The van der Waals surface area contributed by atoms with Crippen molar-refractivity contribution in [3.05, 3.63) is 57.0 Å². The molecule has 9 heteroatoms. The maximum atomic E-state index is 13.9. The molecule has 0 saturated heterocycles. The number of para-hydroxylation sites is 1. The first kappa shape index (κ1) is 20.2. The van der Waals surface area contributed by atoms with Gasteiger partial charge in [-0.3, -0.25) is 14.2 Å². The summed E-state index contributed by atoms with van der Waals surface area (Å²) in [4.78, 5) is 35.4. The van der Waals surface area contributed by atoms with Crippen LogP contribution in [0, 0.1) is 19.7 Å². The molecule has 0 unspecified atom stereocenters. The molecule has 4 aromatic rings. The Morgan fingerprint density at radius 1 is 1.30 bits per heavy atom. The number of imidazole rings is 1. The lowest BCUT2D eigenvalue weighted by atomic mass is 10.2. The van der Waals surface area contributed by atoms with Gasteiger partial charge in [-0.2, -0.15) is 0 Å². The third-order valence-corrected chi connectivity index (χ3v) is 6.48. The van der Waals surface area contributed by atoms with Crippen molar-refractivity contribution in [2.24, 2.45) is 7.05 Å². The summed E-state index contributed by atoms with van der Waals surface area (Å²) in [6.45, 7) is 4.53. The van der Waals surface area contributed by atoms with Crippen molar-refractivity contribution in [3.63, 3.8) is 0 Å². The lowest BCUT2D eigenvalue weighted by molar-refractivity contribution is -0.121. The molecule has 0 atom stereocenters. The van der Waals surface area contributed by atoms with Crippen LogP contribution in [0.5, 0.6) is 0 Å². The highest BCUT2D eigenvalue weighted by molar-refractivity contribution is 7.18. The number of hydrogen-bond acceptors (Lipinski definition) is 5. The summed E-state index contributed by atoms with van der Waals surface area (Å²) >= 11 is 1.50. The highest BCUT2D eigenvalue weighted by Gasteiger charge is 2.14. The normalized spacial score (nSPS) is 11.5. The number of halogens is 1. The molecular weight excluding hydrogens is 405 g/mol. The third kappa shape index (κ3) is 3.60. The Bertz CT molecular complexity index is 1320. The van der Waals surface area contributed by atoms with Gasteiger partial charge < -0.3 is 9.88 Å². The van der Waals surface area contributed by atoms with E-state index in [4.69, 9.17) is 0 Å². The highest BCUT2D eigenvalue weighted by atomic mass is 32.1. The Balaban J connectivity index is 1.36. The van der Waals surface area contributed by atoms with Crippen molar-refractivity contribution >= 4 is 38.5 Å². The van der Waals surface area contributed by atoms with E-state index in [0.717, 1.165) is 20.8 Å². The Morgan fingerprint density at radius 3 is 2.87 bits per heavy atom. The average Bonchev–Trinajstić information content (AvgIpc) is 3.19. The van der Waals surface area contributed by atoms with Crippen LogP contribution in [-0.2, 0) is 24.8 Å². The summed E-state index contributed by atoms with van der Waals surface area (Å²) in [7, 11) is 1.83. The van der Waals surface area contributed by atoms with Crippen LogP contribution in [0.3, 0.4) is 0 Å². The molecule has 1 aromatic carbocycles. The molecule has 3 aromatic heterocycles. The van der Waals surface area contributed by atoms with E-state index in [9.17, 15) is 14.0 Å². The molecule has 4 rings (SSSR count). The molecule has 0 bridgehead atoms. The van der Waals surface area contributed by atoms with Gasteiger partial charge in [-0.15, -0.1) is 11.3 Å². The van der Waals surface area contributed by atoms with Crippen molar-refractivity contribution in [2.75, 3.05) is 6.54 Å². The molecule has 0 fully saturated rings. The number of aryl methyl sites for hydroxylation is 4. The summed E-state index contributed by atoms with van der Waals surface area (Å²) in [6.07, 6.45) is 2.16. The Hall–Kier alpha value is -3.07. The zero-order valence-electron chi connectivity index (χ0n) is 17.0. The average molecular weight is 428 g/mol. The number of aromatic nitrogens is 4. The minimum absolute atomic E-state index is 0.114. The predicted octanol–water partition coefficient (Wildman–Crippen LogP) is 2.85. The quantitative estimate of drug-likeness (QED) is 0.513. The molecular formula is C21H22FN5O2S. The second kappa shape index (κ2) is 7.98. The first-order valence-electron chi connectivity index (χ1n) is 9.68. The number of rotatable bonds is 6. The van der Waals surface area contributed by atoms with Crippen LogP contribution in [0.2, 0.25) is 0 Å². The van der Waals surface area contributed by atoms with Gasteiger partial charge in [-0.1, -0.05) is 6.07 Å². The smallest absolute Gasteiger partial charge is 0.262 e. The van der Waals surface area contributed by atoms with Crippen molar-refractivity contribution in [2.45, 2.75) is 33.2 Å². The van der Waals surface area contributed by atoms with Crippen LogP contribution in [0.1, 0.15) is 22.7 Å². The highest BCUT2D eigenvalue weighted by Crippen LogP contribution is 2.25. The van der Waals surface area contributed by atoms with Crippen LogP contribution >= 0.6 is 11.3 Å². The van der Waals surface area contributed by atoms with Gasteiger partial charge in [-0.05, 0) is 31.5 Å². The summed E-state index contributed by atoms with van der Waals surface area (Å²) in [5, 5.41) is 3.47. The van der Waals surface area contributed by atoms with E-state index >= 15 is 0 Å². The second-order valence-electron chi connectivity index (χ2n) is 7.25. The fourth-order valence-corrected chi connectivity index (χ4v) is 4.49. The molecule has 0 spiro atoms. The monoisotopic (exact) mass is 427 g/mol. The van der Waals surface area contributed by atoms with Crippen LogP contribution in [-0.4, -0.2) is 31.6 Å². The Morgan fingerprint density at radius 2 is 2.10 bits per heavy atom. The third-order valence-electron chi connectivity index (χ3n) is 5.36. The maximum absolute atomic E-state index is 13.9. The van der Waals surface area contributed by atoms with E-state index in [2.05, 4.69) is 15.3 Å². The fraction of sp³-hybridized carbons (Fsp3) is 0.333. The van der Waals surface area contributed by atoms with Gasteiger partial charge in [0.25, 0.3) is 5.56 Å². The van der Waals surface area contributed by atoms with Crippen LogP contribution in [0.15, 0.2) is 29.3 Å². The van der Waals surface area contributed by atoms with Crippen LogP contribution < -0.4 is 10.9 Å². The summed E-state index contributed by atoms with van der Waals surface area (Å²) < 4.78 is 17.2. The van der Waals surface area contributed by atoms with E-state index in [1.165, 1.54) is 28.3 Å². The van der Waals surface area contributed by atoms with Crippen molar-refractivity contribution in [3.8, 4) is 0 Å². The molecule has 3 heterocycles. The molecule has 1 N–H and O–H groups in total. The minimum Gasteiger partial charge on any atom is -0.356 e. The van der Waals surface area contributed by atoms with E-state index in [0.29, 0.717) is 29.7 Å². The first-order chi connectivity index (χ1) is 14.4. The van der Waals surface area contributed by atoms with Crippen LogP contribution in [0.25, 0.3) is 21.3 Å². The number of nitrogens with zero attached hydrogens (tertiary/aromatic N) is 4. The molecule has 0 aliphatic rings. The molecule has 7 nitrogen and oxygen atoms in total. The van der Waals surface area contributed by atoms with Gasteiger partial charge in [0.15, 0.2) is 5.82 Å². The van der Waals surface area contributed by atoms with Gasteiger partial charge in [-0.25, -0.2) is 14.4 Å². The van der Waals surface area contributed by atoms with Gasteiger partial charge in [0.05, 0.1) is 17.2 Å². The van der Waals surface area contributed by atoms with E-state index in [1.54, 1.807) is 6.07 Å². The molecule has 0 aliphatic carbocycles. The molecule has 1 amide bonds. The molecule has 30 heavy (non-hydrogen) atoms. The lowest BCUT2D eigenvalue weighted by Crippen LogP contribution is -2.29. The predicted molar refractivity (Wildman–Crippen MR) is 115 cm³/mol. The SMILES string of the molecule is Cc1sc2ncn(CCC(=O)NCCc3nc4c(F)cccc4n3C)c(=O)c2c1C. The van der Waals surface area contributed by atoms with Crippen molar-refractivity contribution in [1.29, 1.82) is 0 Å². The summed E-state index contributed by atoms with van der Waals surface area (Å²) in [5.41, 5.74) is 1.89. The Kier molecular flexibility index (Phi) is 5.38. The maximum Gasteiger partial charge on any atom is 0.262 e. The number of nitrogens with one attached hydrogen (secondary N) is 1. The van der Waals surface area contributed by atoms with Gasteiger partial charge >= 0.3 is 0 Å². The number of thiophene rings is 1. The fourth-order valence-electron chi connectivity index (χ4n) is 3.51. The molecule has 0 aliphatic heterocycles. The topological polar surface area (TPSA) is 81.8 Å². The summed E-state index contributed by atoms with van der Waals surface area (Å²) in [6, 6.07) is 4.85. The number of benzene rings is 1. The van der Waals surface area contributed by atoms with E-state index < -0.39 is 0 Å². The number of fused-ring (bicyclic) bond motifs is 2. The molecule has 0 saturated carbocycles. The van der Waals surface area contributed by atoms with E-state index in [-0.39, 0.29) is 30.2 Å². The van der Waals surface area contributed by atoms with Crippen molar-refractivity contribution < 1.29 is 9.18 Å². The van der Waals surface area contributed by atoms with Gasteiger partial charge in [0.1, 0.15) is 16.2 Å². The van der Waals surface area contributed by atoms with Crippen LogP contribution in [0.4, 0.5) is 4.39 Å². The minimum atomic E-state index is -0.356. The number of hydrogen-bond donors (Lipinski definition) is 1.